The van der Waals surface area contributed by atoms with E-state index in [9.17, 15) is 4.79 Å². The van der Waals surface area contributed by atoms with Crippen LogP contribution in [0.2, 0.25) is 0 Å². The van der Waals surface area contributed by atoms with Crippen LogP contribution in [-0.2, 0) is 11.4 Å². The van der Waals surface area contributed by atoms with Crippen LogP contribution in [-0.4, -0.2) is 24.1 Å². The number of nitrogens with two attached hydrogens (primary N) is 2. The van der Waals surface area contributed by atoms with Gasteiger partial charge in [-0.25, -0.2) is 0 Å². The molecule has 5 heteroatoms. The first-order valence-electron chi connectivity index (χ1n) is 5.23. The lowest BCUT2D eigenvalue weighted by Gasteiger charge is -2.15. The minimum Gasteiger partial charge on any atom is -0.398 e. The molecule has 0 spiro atoms. The molecule has 1 heterocycles. The Kier molecular flexibility index (Phi) is 3.07. The molecule has 1 aromatic carbocycles. The number of benzene rings is 1. The normalized spacial score (nSPS) is 16.5. The molecule has 4 N–H and O–H groups in total. The van der Waals surface area contributed by atoms with Crippen LogP contribution in [0.4, 0.5) is 5.69 Å². The van der Waals surface area contributed by atoms with E-state index in [1.54, 1.807) is 12.1 Å². The van der Waals surface area contributed by atoms with E-state index in [0.717, 1.165) is 25.1 Å². The van der Waals surface area contributed by atoms with Crippen molar-refractivity contribution in [3.8, 4) is 0 Å². The van der Waals surface area contributed by atoms with Crippen molar-refractivity contribution >= 4 is 11.6 Å². The van der Waals surface area contributed by atoms with E-state index in [1.807, 2.05) is 11.1 Å². The Morgan fingerprint density at radius 3 is 2.88 bits per heavy atom. The summed E-state index contributed by atoms with van der Waals surface area (Å²) in [5, 5.41) is 1.87. The molecule has 86 valence electrons. The van der Waals surface area contributed by atoms with Crippen LogP contribution >= 0.6 is 0 Å². The fourth-order valence-electron chi connectivity index (χ4n) is 1.71. The van der Waals surface area contributed by atoms with E-state index in [0.29, 0.717) is 17.8 Å². The molecule has 1 saturated heterocycles. The zero-order chi connectivity index (χ0) is 11.5. The van der Waals surface area contributed by atoms with E-state index < -0.39 is 5.91 Å². The fraction of sp³-hybridized carbons (Fsp3) is 0.364. The number of hydrogen-bond donors (Lipinski definition) is 2. The molecule has 0 saturated carbocycles. The fourth-order valence-corrected chi connectivity index (χ4v) is 1.71. The maximum absolute atomic E-state index is 10.9. The number of amides is 1. The van der Waals surface area contributed by atoms with Crippen molar-refractivity contribution in [1.82, 2.24) is 5.06 Å². The molecule has 5 nitrogen and oxygen atoms in total. The highest BCUT2D eigenvalue weighted by Crippen LogP contribution is 2.18. The molecule has 0 aromatic heterocycles. The minimum absolute atomic E-state index is 0.434. The van der Waals surface area contributed by atoms with Crippen molar-refractivity contribution in [2.24, 2.45) is 5.73 Å². The molecule has 2 rings (SSSR count). The van der Waals surface area contributed by atoms with Crippen LogP contribution in [0.5, 0.6) is 0 Å². The van der Waals surface area contributed by atoms with Gasteiger partial charge in [-0.1, -0.05) is 6.07 Å². The molecular weight excluding hydrogens is 206 g/mol. The van der Waals surface area contributed by atoms with Gasteiger partial charge in [0, 0.05) is 17.8 Å². The van der Waals surface area contributed by atoms with Gasteiger partial charge in [0.25, 0.3) is 0 Å². The highest BCUT2D eigenvalue weighted by molar-refractivity contribution is 5.93. The first-order chi connectivity index (χ1) is 7.66. The average molecular weight is 221 g/mol. The van der Waals surface area contributed by atoms with Gasteiger partial charge in [0.05, 0.1) is 13.2 Å². The van der Waals surface area contributed by atoms with Gasteiger partial charge in [-0.15, -0.1) is 0 Å². The molecule has 1 amide bonds. The second-order valence-electron chi connectivity index (χ2n) is 3.83. The Hall–Kier alpha value is -1.59. The van der Waals surface area contributed by atoms with Gasteiger partial charge in [-0.2, -0.15) is 5.06 Å². The highest BCUT2D eigenvalue weighted by Gasteiger charge is 2.14. The molecular formula is C11H15N3O2. The predicted octanol–water partition coefficient (Wildman–Crippen LogP) is 0.505. The summed E-state index contributed by atoms with van der Waals surface area (Å²) in [5.41, 5.74) is 13.0. The maximum atomic E-state index is 10.9. The standard InChI is InChI=1S/C11H15N3O2/c12-10-6-8(11(13)15)2-3-9(10)7-14-4-1-5-16-14/h2-3,6H,1,4-5,7,12H2,(H2,13,15). The third kappa shape index (κ3) is 2.32. The number of anilines is 1. The molecule has 1 fully saturated rings. The van der Waals surface area contributed by atoms with E-state index in [4.69, 9.17) is 16.3 Å². The topological polar surface area (TPSA) is 81.6 Å². The van der Waals surface area contributed by atoms with E-state index >= 15 is 0 Å². The van der Waals surface area contributed by atoms with Gasteiger partial charge in [-0.3, -0.25) is 9.63 Å². The molecule has 0 atom stereocenters. The van der Waals surface area contributed by atoms with Crippen LogP contribution in [0.25, 0.3) is 0 Å². The largest absolute Gasteiger partial charge is 0.398 e. The summed E-state index contributed by atoms with van der Waals surface area (Å²) in [6.45, 7) is 2.32. The Bertz CT molecular complexity index is 400. The molecule has 1 aliphatic rings. The molecule has 1 aliphatic heterocycles. The van der Waals surface area contributed by atoms with Crippen LogP contribution < -0.4 is 11.5 Å². The first kappa shape index (κ1) is 10.9. The SMILES string of the molecule is NC(=O)c1ccc(CN2CCCO2)c(N)c1. The number of nitrogens with zero attached hydrogens (tertiary/aromatic N) is 1. The second-order valence-corrected chi connectivity index (χ2v) is 3.83. The lowest BCUT2D eigenvalue weighted by atomic mass is 10.1. The summed E-state index contributed by atoms with van der Waals surface area (Å²) in [6, 6.07) is 5.11. The number of hydrogen-bond acceptors (Lipinski definition) is 4. The van der Waals surface area contributed by atoms with Crippen molar-refractivity contribution < 1.29 is 9.63 Å². The summed E-state index contributed by atoms with van der Waals surface area (Å²) in [7, 11) is 0. The van der Waals surface area contributed by atoms with Crippen molar-refractivity contribution in [1.29, 1.82) is 0 Å². The van der Waals surface area contributed by atoms with Crippen LogP contribution in [0.1, 0.15) is 22.3 Å². The summed E-state index contributed by atoms with van der Waals surface area (Å²) in [6.07, 6.45) is 1.04. The van der Waals surface area contributed by atoms with Gasteiger partial charge in [0.1, 0.15) is 0 Å². The van der Waals surface area contributed by atoms with E-state index in [1.165, 1.54) is 0 Å². The third-order valence-corrected chi connectivity index (χ3v) is 2.60. The number of carbonyl (C=O) groups is 1. The number of primary amides is 1. The van der Waals surface area contributed by atoms with Crippen molar-refractivity contribution in [2.45, 2.75) is 13.0 Å². The monoisotopic (exact) mass is 221 g/mol. The van der Waals surface area contributed by atoms with Crippen LogP contribution in [0, 0.1) is 0 Å². The summed E-state index contributed by atoms with van der Waals surface area (Å²) in [4.78, 5) is 16.3. The highest BCUT2D eigenvalue weighted by atomic mass is 16.7. The lowest BCUT2D eigenvalue weighted by Crippen LogP contribution is -2.18. The number of rotatable bonds is 3. The van der Waals surface area contributed by atoms with Crippen molar-refractivity contribution in [3.63, 3.8) is 0 Å². The van der Waals surface area contributed by atoms with Gasteiger partial charge < -0.3 is 11.5 Å². The van der Waals surface area contributed by atoms with E-state index in [2.05, 4.69) is 0 Å². The Labute approximate surface area is 93.9 Å². The molecule has 16 heavy (non-hydrogen) atoms. The third-order valence-electron chi connectivity index (χ3n) is 2.60. The molecule has 0 radical (unpaired) electrons. The predicted molar refractivity (Wildman–Crippen MR) is 60.4 cm³/mol. The number of carbonyl (C=O) groups excluding carboxylic acids is 1. The Morgan fingerprint density at radius 2 is 2.31 bits per heavy atom. The number of hydroxylamine groups is 2. The molecule has 1 aromatic rings. The molecule has 0 unspecified atom stereocenters. The van der Waals surface area contributed by atoms with E-state index in [-0.39, 0.29) is 0 Å². The minimum atomic E-state index is -0.462. The smallest absolute Gasteiger partial charge is 0.248 e. The van der Waals surface area contributed by atoms with Gasteiger partial charge in [0.2, 0.25) is 5.91 Å². The maximum Gasteiger partial charge on any atom is 0.248 e. The average Bonchev–Trinajstić information content (AvgIpc) is 2.73. The zero-order valence-electron chi connectivity index (χ0n) is 8.98. The quantitative estimate of drug-likeness (QED) is 0.728. The van der Waals surface area contributed by atoms with Crippen LogP contribution in [0.3, 0.4) is 0 Å². The van der Waals surface area contributed by atoms with Gasteiger partial charge in [-0.05, 0) is 24.1 Å². The van der Waals surface area contributed by atoms with Gasteiger partial charge in [0.15, 0.2) is 0 Å². The number of nitrogen functional groups attached to an aromatic ring is 1. The second kappa shape index (κ2) is 4.51. The summed E-state index contributed by atoms with van der Waals surface area (Å²) < 4.78 is 0. The zero-order valence-corrected chi connectivity index (χ0v) is 8.98. The molecule has 0 bridgehead atoms. The van der Waals surface area contributed by atoms with Crippen molar-refractivity contribution in [2.75, 3.05) is 18.9 Å². The Morgan fingerprint density at radius 1 is 1.50 bits per heavy atom. The van der Waals surface area contributed by atoms with Crippen LogP contribution in [0.15, 0.2) is 18.2 Å². The summed E-state index contributed by atoms with van der Waals surface area (Å²) >= 11 is 0. The van der Waals surface area contributed by atoms with Gasteiger partial charge >= 0.3 is 0 Å². The molecule has 0 aliphatic carbocycles. The lowest BCUT2D eigenvalue weighted by molar-refractivity contribution is -0.117. The first-order valence-corrected chi connectivity index (χ1v) is 5.23. The summed E-state index contributed by atoms with van der Waals surface area (Å²) in [5.74, 6) is -0.462. The van der Waals surface area contributed by atoms with Crippen molar-refractivity contribution in [3.05, 3.63) is 29.3 Å². The Balaban J connectivity index is 2.12.